The Kier molecular flexibility index (Phi) is 4.58. The van der Waals surface area contributed by atoms with Crippen molar-refractivity contribution in [3.8, 4) is 11.6 Å². The van der Waals surface area contributed by atoms with Crippen LogP contribution in [0.2, 0.25) is 0 Å². The number of aromatic nitrogens is 1. The minimum absolute atomic E-state index is 0.115. The van der Waals surface area contributed by atoms with Gasteiger partial charge in [0.1, 0.15) is 0 Å². The first-order valence-electron chi connectivity index (χ1n) is 4.40. The summed E-state index contributed by atoms with van der Waals surface area (Å²) in [5.41, 5.74) is 0.393. The summed E-state index contributed by atoms with van der Waals surface area (Å²) in [4.78, 5) is 3.68. The van der Waals surface area contributed by atoms with Gasteiger partial charge in [0.2, 0.25) is 0 Å². The molecule has 0 radical (unpaired) electrons. The number of halogens is 4. The molecule has 1 aromatic rings. The van der Waals surface area contributed by atoms with Crippen molar-refractivity contribution >= 4 is 15.9 Å². The van der Waals surface area contributed by atoms with Crippen LogP contribution in [0.4, 0.5) is 13.2 Å². The zero-order valence-electron chi connectivity index (χ0n) is 8.71. The number of hydrogen-bond acceptors (Lipinski definition) is 4. The lowest BCUT2D eigenvalue weighted by atomic mass is 10.2. The number of aliphatic hydroxyl groups excluding tert-OH is 1. The van der Waals surface area contributed by atoms with Gasteiger partial charge in [0.05, 0.1) is 19.4 Å². The Morgan fingerprint density at radius 1 is 1.47 bits per heavy atom. The Hall–Kier alpha value is -1.02. The molecule has 4 nitrogen and oxygen atoms in total. The zero-order valence-corrected chi connectivity index (χ0v) is 10.3. The van der Waals surface area contributed by atoms with E-state index in [1.165, 1.54) is 13.2 Å². The Bertz CT molecular complexity index is 373. The molecule has 1 heterocycles. The number of pyridine rings is 1. The van der Waals surface area contributed by atoms with E-state index in [2.05, 4.69) is 25.7 Å². The molecule has 0 bridgehead atoms. The van der Waals surface area contributed by atoms with Gasteiger partial charge in [-0.25, -0.2) is 4.98 Å². The molecule has 0 unspecified atom stereocenters. The molecule has 0 aliphatic rings. The Morgan fingerprint density at radius 3 is 2.53 bits per heavy atom. The number of alkyl halides is 4. The standard InChI is InChI=1S/C9H9BrF3NO3/c1-16-8-7(17-9(11,12)13)5(3-10)2-6(4-15)14-8/h2,15H,3-4H2,1H3. The first-order valence-corrected chi connectivity index (χ1v) is 5.52. The normalized spacial score (nSPS) is 11.4. The maximum Gasteiger partial charge on any atom is 0.573 e. The molecular formula is C9H9BrF3NO3. The van der Waals surface area contributed by atoms with Crippen molar-refractivity contribution in [1.82, 2.24) is 4.98 Å². The van der Waals surface area contributed by atoms with Crippen molar-refractivity contribution in [2.24, 2.45) is 0 Å². The molecule has 1 aromatic heterocycles. The number of nitrogens with zero attached hydrogens (tertiary/aromatic N) is 1. The monoisotopic (exact) mass is 315 g/mol. The highest BCUT2D eigenvalue weighted by atomic mass is 79.9. The van der Waals surface area contributed by atoms with Crippen LogP contribution in [0, 0.1) is 0 Å². The first kappa shape index (κ1) is 14.0. The maximum absolute atomic E-state index is 12.2. The van der Waals surface area contributed by atoms with Crippen molar-refractivity contribution in [1.29, 1.82) is 0 Å². The molecule has 8 heteroatoms. The highest BCUT2D eigenvalue weighted by Crippen LogP contribution is 2.35. The molecule has 0 fully saturated rings. The fourth-order valence-electron chi connectivity index (χ4n) is 1.16. The van der Waals surface area contributed by atoms with Gasteiger partial charge in [0, 0.05) is 10.9 Å². The van der Waals surface area contributed by atoms with Gasteiger partial charge in [-0.3, -0.25) is 0 Å². The van der Waals surface area contributed by atoms with Crippen LogP contribution in [-0.4, -0.2) is 23.6 Å². The average molecular weight is 316 g/mol. The van der Waals surface area contributed by atoms with Gasteiger partial charge in [-0.1, -0.05) is 15.9 Å². The van der Waals surface area contributed by atoms with Crippen LogP contribution in [0.1, 0.15) is 11.3 Å². The smallest absolute Gasteiger partial charge is 0.478 e. The molecule has 96 valence electrons. The van der Waals surface area contributed by atoms with E-state index < -0.39 is 18.7 Å². The number of rotatable bonds is 4. The van der Waals surface area contributed by atoms with Crippen LogP contribution in [0.3, 0.4) is 0 Å². The molecule has 0 amide bonds. The number of ether oxygens (including phenoxy) is 2. The van der Waals surface area contributed by atoms with Crippen molar-refractivity contribution in [2.75, 3.05) is 7.11 Å². The van der Waals surface area contributed by atoms with Gasteiger partial charge in [0.25, 0.3) is 5.88 Å². The van der Waals surface area contributed by atoms with E-state index in [0.29, 0.717) is 0 Å². The average Bonchev–Trinajstić information content (AvgIpc) is 2.27. The predicted octanol–water partition coefficient (Wildman–Crippen LogP) is 2.38. The van der Waals surface area contributed by atoms with E-state index in [4.69, 9.17) is 9.84 Å². The predicted molar refractivity (Wildman–Crippen MR) is 56.0 cm³/mol. The minimum Gasteiger partial charge on any atom is -0.478 e. The van der Waals surface area contributed by atoms with Gasteiger partial charge >= 0.3 is 6.36 Å². The Balaban J connectivity index is 3.24. The van der Waals surface area contributed by atoms with Crippen molar-refractivity contribution in [3.63, 3.8) is 0 Å². The third-order valence-corrected chi connectivity index (χ3v) is 2.39. The molecule has 0 saturated carbocycles. The van der Waals surface area contributed by atoms with Crippen LogP contribution in [0.15, 0.2) is 6.07 Å². The number of aliphatic hydroxyl groups is 1. The van der Waals surface area contributed by atoms with Crippen molar-refractivity contribution in [3.05, 3.63) is 17.3 Å². The van der Waals surface area contributed by atoms with Crippen molar-refractivity contribution in [2.45, 2.75) is 18.3 Å². The Labute approximate surface area is 103 Å². The summed E-state index contributed by atoms with van der Waals surface area (Å²) in [6.45, 7) is -0.400. The summed E-state index contributed by atoms with van der Waals surface area (Å²) in [6.07, 6.45) is -4.83. The number of methoxy groups -OCH3 is 1. The van der Waals surface area contributed by atoms with E-state index in [-0.39, 0.29) is 22.5 Å². The largest absolute Gasteiger partial charge is 0.573 e. The lowest BCUT2D eigenvalue weighted by Crippen LogP contribution is -2.19. The quantitative estimate of drug-likeness (QED) is 0.867. The molecule has 0 spiro atoms. The number of hydrogen-bond donors (Lipinski definition) is 1. The summed E-state index contributed by atoms with van der Waals surface area (Å²) in [5.74, 6) is -0.822. The first-order chi connectivity index (χ1) is 7.91. The minimum atomic E-state index is -4.83. The molecule has 0 aliphatic heterocycles. The third-order valence-electron chi connectivity index (χ3n) is 1.79. The van der Waals surface area contributed by atoms with Crippen LogP contribution in [0.25, 0.3) is 0 Å². The fraction of sp³-hybridized carbons (Fsp3) is 0.444. The SMILES string of the molecule is COc1nc(CO)cc(CBr)c1OC(F)(F)F. The third kappa shape index (κ3) is 3.74. The molecule has 0 saturated heterocycles. The highest BCUT2D eigenvalue weighted by Gasteiger charge is 2.34. The second-order valence-corrected chi connectivity index (χ2v) is 3.51. The van der Waals surface area contributed by atoms with Crippen LogP contribution in [-0.2, 0) is 11.9 Å². The molecule has 0 atom stereocenters. The summed E-state index contributed by atoms with van der Waals surface area (Å²) >= 11 is 3.03. The van der Waals surface area contributed by atoms with Crippen LogP contribution < -0.4 is 9.47 Å². The maximum atomic E-state index is 12.2. The lowest BCUT2D eigenvalue weighted by molar-refractivity contribution is -0.275. The van der Waals surface area contributed by atoms with Crippen LogP contribution >= 0.6 is 15.9 Å². The molecule has 0 aliphatic carbocycles. The molecule has 1 rings (SSSR count). The van der Waals surface area contributed by atoms with E-state index in [1.807, 2.05) is 0 Å². The molecule has 17 heavy (non-hydrogen) atoms. The van der Waals surface area contributed by atoms with E-state index >= 15 is 0 Å². The van der Waals surface area contributed by atoms with Gasteiger partial charge < -0.3 is 14.6 Å². The molecular weight excluding hydrogens is 307 g/mol. The highest BCUT2D eigenvalue weighted by molar-refractivity contribution is 9.08. The fourth-order valence-corrected chi connectivity index (χ4v) is 1.58. The van der Waals surface area contributed by atoms with Crippen LogP contribution in [0.5, 0.6) is 11.6 Å². The summed E-state index contributed by atoms with van der Waals surface area (Å²) in [6, 6.07) is 1.30. The second-order valence-electron chi connectivity index (χ2n) is 2.95. The van der Waals surface area contributed by atoms with Gasteiger partial charge in [-0.15, -0.1) is 13.2 Å². The van der Waals surface area contributed by atoms with Gasteiger partial charge in [-0.05, 0) is 6.07 Å². The summed E-state index contributed by atoms with van der Waals surface area (Å²) < 4.78 is 45.1. The molecule has 1 N–H and O–H groups in total. The second kappa shape index (κ2) is 5.54. The molecule has 0 aromatic carbocycles. The topological polar surface area (TPSA) is 51.6 Å². The summed E-state index contributed by atoms with van der Waals surface area (Å²) in [5, 5.41) is 9.02. The zero-order chi connectivity index (χ0) is 13.1. The van der Waals surface area contributed by atoms with Crippen molar-refractivity contribution < 1.29 is 27.8 Å². The van der Waals surface area contributed by atoms with E-state index in [9.17, 15) is 13.2 Å². The lowest BCUT2D eigenvalue weighted by Gasteiger charge is -2.15. The van der Waals surface area contributed by atoms with E-state index in [0.717, 1.165) is 0 Å². The van der Waals surface area contributed by atoms with Gasteiger partial charge in [-0.2, -0.15) is 0 Å². The van der Waals surface area contributed by atoms with Gasteiger partial charge in [0.15, 0.2) is 5.75 Å². The summed E-state index contributed by atoms with van der Waals surface area (Å²) in [7, 11) is 1.17. The van der Waals surface area contributed by atoms with E-state index in [1.54, 1.807) is 0 Å². The Morgan fingerprint density at radius 2 is 2.12 bits per heavy atom.